The first-order valence-electron chi connectivity index (χ1n) is 8.72. The van der Waals surface area contributed by atoms with Crippen LogP contribution < -0.4 is 5.73 Å². The largest absolute Gasteiger partial charge is 0.451 e. The molecule has 4 heteroatoms. The maximum Gasteiger partial charge on any atom is 0.451 e. The molecule has 0 aliphatic heterocycles. The zero-order valence-corrected chi connectivity index (χ0v) is 13.7. The van der Waals surface area contributed by atoms with Crippen LogP contribution in [-0.4, -0.2) is 23.2 Å². The summed E-state index contributed by atoms with van der Waals surface area (Å²) >= 11 is 0. The number of hydrogen-bond donors (Lipinski definition) is 3. The molecule has 0 heterocycles. The van der Waals surface area contributed by atoms with Crippen LogP contribution in [0.2, 0.25) is 6.32 Å². The van der Waals surface area contributed by atoms with Gasteiger partial charge in [-0.2, -0.15) is 0 Å². The Morgan fingerprint density at radius 1 is 1.18 bits per heavy atom. The Morgan fingerprint density at radius 3 is 2.50 bits per heavy atom. The lowest BCUT2D eigenvalue weighted by Crippen LogP contribution is -2.39. The third-order valence-corrected chi connectivity index (χ3v) is 5.09. The first-order chi connectivity index (χ1) is 10.5. The summed E-state index contributed by atoms with van der Waals surface area (Å²) in [5, 5.41) is 17.6. The molecule has 1 aromatic carbocycles. The van der Waals surface area contributed by atoms with Crippen molar-refractivity contribution in [3.8, 4) is 0 Å². The monoisotopic (exact) mass is 303 g/mol. The van der Waals surface area contributed by atoms with Crippen LogP contribution in [-0.2, 0) is 6.42 Å². The highest BCUT2D eigenvalue weighted by atomic mass is 16.4. The summed E-state index contributed by atoms with van der Waals surface area (Å²) in [7, 11) is -1.16. The molecule has 0 saturated heterocycles. The summed E-state index contributed by atoms with van der Waals surface area (Å²) in [4.78, 5) is 0. The quantitative estimate of drug-likeness (QED) is 0.485. The topological polar surface area (TPSA) is 66.5 Å². The Morgan fingerprint density at radius 2 is 1.86 bits per heavy atom. The van der Waals surface area contributed by atoms with E-state index in [9.17, 15) is 0 Å². The van der Waals surface area contributed by atoms with Gasteiger partial charge in [-0.25, -0.2) is 0 Å². The highest BCUT2D eigenvalue weighted by Crippen LogP contribution is 2.39. The molecule has 1 aliphatic rings. The molecule has 122 valence electrons. The normalized spacial score (nSPS) is 22.2. The SMILES string of the molecule is Cc1ccc(CCC2CC(C(N)CCCCB(O)O)C2)cc1. The van der Waals surface area contributed by atoms with Gasteiger partial charge in [0.2, 0.25) is 0 Å². The van der Waals surface area contributed by atoms with E-state index in [1.54, 1.807) is 0 Å². The smallest absolute Gasteiger partial charge is 0.427 e. The zero-order valence-electron chi connectivity index (χ0n) is 13.7. The Kier molecular flexibility index (Phi) is 6.93. The molecular formula is C18H30BNO2. The molecule has 0 spiro atoms. The van der Waals surface area contributed by atoms with Crippen molar-refractivity contribution < 1.29 is 10.0 Å². The molecule has 22 heavy (non-hydrogen) atoms. The molecule has 1 fully saturated rings. The van der Waals surface area contributed by atoms with Gasteiger partial charge in [0.25, 0.3) is 0 Å². The van der Waals surface area contributed by atoms with Gasteiger partial charge in [0.15, 0.2) is 0 Å². The van der Waals surface area contributed by atoms with Crippen molar-refractivity contribution >= 4 is 7.12 Å². The predicted molar refractivity (Wildman–Crippen MR) is 92.5 cm³/mol. The predicted octanol–water partition coefficient (Wildman–Crippen LogP) is 2.92. The van der Waals surface area contributed by atoms with Crippen molar-refractivity contribution in [2.75, 3.05) is 0 Å². The molecule has 2 rings (SSSR count). The van der Waals surface area contributed by atoms with Crippen LogP contribution in [0.4, 0.5) is 0 Å². The van der Waals surface area contributed by atoms with Gasteiger partial charge in [0.1, 0.15) is 0 Å². The van der Waals surface area contributed by atoms with Gasteiger partial charge in [0.05, 0.1) is 0 Å². The fourth-order valence-electron chi connectivity index (χ4n) is 3.44. The summed E-state index contributed by atoms with van der Waals surface area (Å²) in [6.07, 6.45) is 8.35. The maximum absolute atomic E-state index is 8.81. The van der Waals surface area contributed by atoms with E-state index in [4.69, 9.17) is 15.8 Å². The first-order valence-corrected chi connectivity index (χ1v) is 8.72. The van der Waals surface area contributed by atoms with E-state index in [1.165, 1.54) is 36.8 Å². The van der Waals surface area contributed by atoms with Gasteiger partial charge < -0.3 is 15.8 Å². The molecular weight excluding hydrogens is 273 g/mol. The third kappa shape index (κ3) is 5.75. The number of benzene rings is 1. The standard InChI is InChI=1S/C18H30BNO2/c1-14-5-7-15(8-6-14)9-10-16-12-17(13-16)18(20)4-2-3-11-19(21)22/h5-8,16-18,21-22H,2-4,9-13,20H2,1H3. The summed E-state index contributed by atoms with van der Waals surface area (Å²) in [6, 6.07) is 9.17. The molecule has 4 N–H and O–H groups in total. The number of nitrogens with two attached hydrogens (primary N) is 1. The van der Waals surface area contributed by atoms with Crippen molar-refractivity contribution in [3.05, 3.63) is 35.4 Å². The highest BCUT2D eigenvalue weighted by molar-refractivity contribution is 6.40. The number of aryl methyl sites for hydroxylation is 2. The van der Waals surface area contributed by atoms with E-state index in [2.05, 4.69) is 31.2 Å². The maximum atomic E-state index is 8.81. The third-order valence-electron chi connectivity index (χ3n) is 5.09. The Bertz CT molecular complexity index is 429. The van der Waals surface area contributed by atoms with E-state index in [0.29, 0.717) is 18.3 Å². The van der Waals surface area contributed by atoms with Crippen molar-refractivity contribution in [2.45, 2.75) is 64.2 Å². The zero-order chi connectivity index (χ0) is 15.9. The fourth-order valence-corrected chi connectivity index (χ4v) is 3.44. The minimum atomic E-state index is -1.16. The second kappa shape index (κ2) is 8.71. The minimum absolute atomic E-state index is 0.298. The van der Waals surface area contributed by atoms with Gasteiger partial charge >= 0.3 is 7.12 Å². The summed E-state index contributed by atoms with van der Waals surface area (Å²) < 4.78 is 0. The van der Waals surface area contributed by atoms with Crippen molar-refractivity contribution in [2.24, 2.45) is 17.6 Å². The van der Waals surface area contributed by atoms with Crippen LogP contribution in [0.1, 0.15) is 49.7 Å². The molecule has 0 radical (unpaired) electrons. The van der Waals surface area contributed by atoms with Crippen LogP contribution in [0.3, 0.4) is 0 Å². The molecule has 1 saturated carbocycles. The second-order valence-corrected chi connectivity index (χ2v) is 7.05. The van der Waals surface area contributed by atoms with Crippen molar-refractivity contribution in [1.82, 2.24) is 0 Å². The van der Waals surface area contributed by atoms with E-state index in [-0.39, 0.29) is 0 Å². The van der Waals surface area contributed by atoms with Gasteiger partial charge in [0, 0.05) is 6.04 Å². The molecule has 3 nitrogen and oxygen atoms in total. The molecule has 1 atom stereocenters. The number of unbranched alkanes of at least 4 members (excludes halogenated alkanes) is 1. The lowest BCUT2D eigenvalue weighted by Gasteiger charge is -2.39. The lowest BCUT2D eigenvalue weighted by molar-refractivity contribution is 0.147. The summed E-state index contributed by atoms with van der Waals surface area (Å²) in [6.45, 7) is 2.13. The van der Waals surface area contributed by atoms with Gasteiger partial charge in [-0.3, -0.25) is 0 Å². The van der Waals surface area contributed by atoms with Crippen LogP contribution in [0.15, 0.2) is 24.3 Å². The number of hydrogen-bond acceptors (Lipinski definition) is 3. The fraction of sp³-hybridized carbons (Fsp3) is 0.667. The van der Waals surface area contributed by atoms with Gasteiger partial charge in [-0.15, -0.1) is 0 Å². The Labute approximate surface area is 135 Å². The first kappa shape index (κ1) is 17.5. The minimum Gasteiger partial charge on any atom is -0.427 e. The van der Waals surface area contributed by atoms with E-state index < -0.39 is 7.12 Å². The van der Waals surface area contributed by atoms with Crippen LogP contribution >= 0.6 is 0 Å². The molecule has 1 aliphatic carbocycles. The molecule has 1 unspecified atom stereocenters. The van der Waals surface area contributed by atoms with Gasteiger partial charge in [-0.05, 0) is 62.7 Å². The van der Waals surface area contributed by atoms with E-state index in [1.807, 2.05) is 0 Å². The highest BCUT2D eigenvalue weighted by Gasteiger charge is 2.32. The van der Waals surface area contributed by atoms with Crippen LogP contribution in [0.25, 0.3) is 0 Å². The Hall–Kier alpha value is -0.835. The second-order valence-electron chi connectivity index (χ2n) is 7.05. The van der Waals surface area contributed by atoms with E-state index >= 15 is 0 Å². The average Bonchev–Trinajstić information content (AvgIpc) is 2.43. The average molecular weight is 303 g/mol. The van der Waals surface area contributed by atoms with Crippen molar-refractivity contribution in [3.63, 3.8) is 0 Å². The van der Waals surface area contributed by atoms with E-state index in [0.717, 1.165) is 25.2 Å². The van der Waals surface area contributed by atoms with Gasteiger partial charge in [-0.1, -0.05) is 42.7 Å². The van der Waals surface area contributed by atoms with Crippen LogP contribution in [0, 0.1) is 18.8 Å². The number of rotatable bonds is 9. The molecule has 0 aromatic heterocycles. The molecule has 0 bridgehead atoms. The summed E-state index contributed by atoms with van der Waals surface area (Å²) in [5.41, 5.74) is 9.03. The Balaban J connectivity index is 1.56. The molecule has 0 amide bonds. The summed E-state index contributed by atoms with van der Waals surface area (Å²) in [5.74, 6) is 1.53. The van der Waals surface area contributed by atoms with Crippen LogP contribution in [0.5, 0.6) is 0 Å². The van der Waals surface area contributed by atoms with Crippen molar-refractivity contribution in [1.29, 1.82) is 0 Å². The molecule has 1 aromatic rings. The lowest BCUT2D eigenvalue weighted by atomic mass is 9.68.